The molecular weight excluding hydrogens is 444 g/mol. The second kappa shape index (κ2) is 12.5. The molecule has 1 aromatic heterocycles. The summed E-state index contributed by atoms with van der Waals surface area (Å²) in [6.45, 7) is 9.37. The standard InChI is InChI=1S/C27H34N4O4/c1-2-35-22-8-9-25-23(16-22)26(32)24(19-29-25)27(33)30-18-21-6-4-20(5-7-21)17-28-10-3-11-31-12-14-34-15-13-31/h4-9,16,19,28H,2-3,10-15,17-18H2,1H3,(H,29,32)(H,30,33). The smallest absolute Gasteiger partial charge is 0.257 e. The van der Waals surface area contributed by atoms with Crippen LogP contribution in [0.2, 0.25) is 0 Å². The Labute approximate surface area is 205 Å². The normalized spacial score (nSPS) is 14.2. The minimum Gasteiger partial charge on any atom is -0.494 e. The summed E-state index contributed by atoms with van der Waals surface area (Å²) in [6, 6.07) is 13.4. The van der Waals surface area contributed by atoms with Crippen molar-refractivity contribution in [2.45, 2.75) is 26.4 Å². The van der Waals surface area contributed by atoms with Gasteiger partial charge in [-0.15, -0.1) is 0 Å². The number of amides is 1. The van der Waals surface area contributed by atoms with Gasteiger partial charge in [0.1, 0.15) is 11.3 Å². The van der Waals surface area contributed by atoms with E-state index < -0.39 is 5.91 Å². The molecule has 8 heteroatoms. The van der Waals surface area contributed by atoms with E-state index in [1.807, 2.05) is 19.1 Å². The Bertz CT molecular complexity index is 1170. The molecule has 0 saturated carbocycles. The molecule has 8 nitrogen and oxygen atoms in total. The van der Waals surface area contributed by atoms with Crippen LogP contribution in [0.1, 0.15) is 34.8 Å². The highest BCUT2D eigenvalue weighted by Crippen LogP contribution is 2.17. The molecule has 2 aromatic carbocycles. The first-order chi connectivity index (χ1) is 17.1. The van der Waals surface area contributed by atoms with Gasteiger partial charge in [-0.25, -0.2) is 0 Å². The molecule has 0 bridgehead atoms. The quantitative estimate of drug-likeness (QED) is 0.367. The molecule has 3 N–H and O–H groups in total. The Balaban J connectivity index is 1.24. The van der Waals surface area contributed by atoms with E-state index in [0.717, 1.165) is 57.9 Å². The Hall–Kier alpha value is -3.20. The number of aromatic amines is 1. The number of ether oxygens (including phenoxy) is 2. The topological polar surface area (TPSA) is 95.7 Å². The summed E-state index contributed by atoms with van der Waals surface area (Å²) in [7, 11) is 0. The van der Waals surface area contributed by atoms with Crippen LogP contribution in [0, 0.1) is 0 Å². The van der Waals surface area contributed by atoms with Crippen molar-refractivity contribution in [1.82, 2.24) is 20.5 Å². The number of rotatable bonds is 11. The van der Waals surface area contributed by atoms with E-state index in [1.54, 1.807) is 18.2 Å². The third kappa shape index (κ3) is 6.91. The zero-order valence-electron chi connectivity index (χ0n) is 20.3. The van der Waals surface area contributed by atoms with Crippen LogP contribution >= 0.6 is 0 Å². The van der Waals surface area contributed by atoms with Crippen LogP contribution in [0.3, 0.4) is 0 Å². The van der Waals surface area contributed by atoms with E-state index in [4.69, 9.17) is 9.47 Å². The number of carbonyl (C=O) groups is 1. The highest BCUT2D eigenvalue weighted by molar-refractivity contribution is 5.97. The van der Waals surface area contributed by atoms with Gasteiger partial charge in [-0.05, 0) is 55.8 Å². The predicted molar refractivity (Wildman–Crippen MR) is 137 cm³/mol. The van der Waals surface area contributed by atoms with Gasteiger partial charge >= 0.3 is 0 Å². The molecule has 2 heterocycles. The first-order valence-electron chi connectivity index (χ1n) is 12.3. The van der Waals surface area contributed by atoms with E-state index in [0.29, 0.717) is 29.8 Å². The lowest BCUT2D eigenvalue weighted by molar-refractivity contribution is 0.0374. The van der Waals surface area contributed by atoms with Gasteiger partial charge in [0.15, 0.2) is 0 Å². The number of hydrogen-bond donors (Lipinski definition) is 3. The van der Waals surface area contributed by atoms with E-state index >= 15 is 0 Å². The molecule has 186 valence electrons. The molecule has 1 fully saturated rings. The zero-order valence-corrected chi connectivity index (χ0v) is 20.3. The number of morpholine rings is 1. The number of H-pyrrole nitrogens is 1. The third-order valence-electron chi connectivity index (χ3n) is 6.14. The Kier molecular flexibility index (Phi) is 8.89. The van der Waals surface area contributed by atoms with E-state index in [-0.39, 0.29) is 11.0 Å². The highest BCUT2D eigenvalue weighted by atomic mass is 16.5. The highest BCUT2D eigenvalue weighted by Gasteiger charge is 2.14. The maximum Gasteiger partial charge on any atom is 0.257 e. The molecule has 1 saturated heterocycles. The van der Waals surface area contributed by atoms with Crippen molar-refractivity contribution in [1.29, 1.82) is 0 Å². The first kappa shape index (κ1) is 24.9. The number of nitrogens with zero attached hydrogens (tertiary/aromatic N) is 1. The average Bonchev–Trinajstić information content (AvgIpc) is 2.89. The van der Waals surface area contributed by atoms with Crippen LogP contribution in [-0.4, -0.2) is 61.8 Å². The number of aromatic nitrogens is 1. The molecule has 3 aromatic rings. The third-order valence-corrected chi connectivity index (χ3v) is 6.14. The predicted octanol–water partition coefficient (Wildman–Crippen LogP) is 2.67. The Morgan fingerprint density at radius 3 is 2.57 bits per heavy atom. The van der Waals surface area contributed by atoms with Crippen LogP contribution in [0.5, 0.6) is 5.75 Å². The zero-order chi connectivity index (χ0) is 24.5. The van der Waals surface area contributed by atoms with Gasteiger partial charge in [0.05, 0.1) is 19.8 Å². The number of nitrogens with one attached hydrogen (secondary N) is 3. The second-order valence-corrected chi connectivity index (χ2v) is 8.66. The van der Waals surface area contributed by atoms with Gasteiger partial charge in [0, 0.05) is 43.3 Å². The van der Waals surface area contributed by atoms with E-state index in [1.165, 1.54) is 11.8 Å². The minimum absolute atomic E-state index is 0.0871. The molecule has 0 aliphatic carbocycles. The average molecular weight is 479 g/mol. The molecule has 4 rings (SSSR count). The Morgan fingerprint density at radius 1 is 1.09 bits per heavy atom. The van der Waals surface area contributed by atoms with Crippen molar-refractivity contribution in [3.05, 3.63) is 75.6 Å². The van der Waals surface area contributed by atoms with Crippen molar-refractivity contribution >= 4 is 16.8 Å². The Morgan fingerprint density at radius 2 is 1.83 bits per heavy atom. The van der Waals surface area contributed by atoms with Crippen molar-refractivity contribution < 1.29 is 14.3 Å². The summed E-state index contributed by atoms with van der Waals surface area (Å²) in [6.07, 6.45) is 2.58. The summed E-state index contributed by atoms with van der Waals surface area (Å²) in [5, 5.41) is 6.78. The van der Waals surface area contributed by atoms with Crippen molar-refractivity contribution in [2.24, 2.45) is 0 Å². The van der Waals surface area contributed by atoms with Gasteiger partial charge < -0.3 is 25.1 Å². The van der Waals surface area contributed by atoms with Crippen LogP contribution in [0.25, 0.3) is 10.9 Å². The molecule has 1 amide bonds. The van der Waals surface area contributed by atoms with Gasteiger partial charge in [-0.1, -0.05) is 24.3 Å². The lowest BCUT2D eigenvalue weighted by Gasteiger charge is -2.26. The number of fused-ring (bicyclic) bond motifs is 1. The van der Waals surface area contributed by atoms with Gasteiger partial charge in [0.2, 0.25) is 5.43 Å². The van der Waals surface area contributed by atoms with Gasteiger partial charge in [0.25, 0.3) is 5.91 Å². The fourth-order valence-electron chi connectivity index (χ4n) is 4.16. The van der Waals surface area contributed by atoms with Crippen molar-refractivity contribution in [3.63, 3.8) is 0 Å². The van der Waals surface area contributed by atoms with Crippen molar-refractivity contribution in [3.8, 4) is 5.75 Å². The number of pyridine rings is 1. The number of carbonyl (C=O) groups excluding carboxylic acids is 1. The largest absolute Gasteiger partial charge is 0.494 e. The second-order valence-electron chi connectivity index (χ2n) is 8.66. The molecule has 0 atom stereocenters. The fourth-order valence-corrected chi connectivity index (χ4v) is 4.16. The summed E-state index contributed by atoms with van der Waals surface area (Å²) >= 11 is 0. The SMILES string of the molecule is CCOc1ccc2[nH]cc(C(=O)NCc3ccc(CNCCCN4CCOCC4)cc3)c(=O)c2c1. The fraction of sp³-hybridized carbons (Fsp3) is 0.407. The summed E-state index contributed by atoms with van der Waals surface area (Å²) in [5.41, 5.74) is 2.62. The minimum atomic E-state index is -0.402. The van der Waals surface area contributed by atoms with E-state index in [2.05, 4.69) is 32.7 Å². The molecule has 0 spiro atoms. The van der Waals surface area contributed by atoms with Gasteiger partial charge in [-0.2, -0.15) is 0 Å². The first-order valence-corrected chi connectivity index (χ1v) is 12.3. The number of hydrogen-bond acceptors (Lipinski definition) is 6. The summed E-state index contributed by atoms with van der Waals surface area (Å²) in [5.74, 6) is 0.204. The summed E-state index contributed by atoms with van der Waals surface area (Å²) in [4.78, 5) is 31.0. The molecule has 35 heavy (non-hydrogen) atoms. The van der Waals surface area contributed by atoms with Gasteiger partial charge in [-0.3, -0.25) is 14.5 Å². The monoisotopic (exact) mass is 478 g/mol. The van der Waals surface area contributed by atoms with Crippen LogP contribution in [0.15, 0.2) is 53.5 Å². The van der Waals surface area contributed by atoms with E-state index in [9.17, 15) is 9.59 Å². The van der Waals surface area contributed by atoms with Crippen LogP contribution in [-0.2, 0) is 17.8 Å². The van der Waals surface area contributed by atoms with Crippen LogP contribution < -0.4 is 20.8 Å². The number of benzene rings is 2. The molecular formula is C27H34N4O4. The summed E-state index contributed by atoms with van der Waals surface area (Å²) < 4.78 is 10.9. The van der Waals surface area contributed by atoms with Crippen LogP contribution in [0.4, 0.5) is 0 Å². The molecule has 0 radical (unpaired) electrons. The maximum atomic E-state index is 12.9. The molecule has 1 aliphatic rings. The lowest BCUT2D eigenvalue weighted by atomic mass is 10.1. The molecule has 0 unspecified atom stereocenters. The maximum absolute atomic E-state index is 12.9. The van der Waals surface area contributed by atoms with Crippen molar-refractivity contribution in [2.75, 3.05) is 46.0 Å². The molecule has 1 aliphatic heterocycles. The lowest BCUT2D eigenvalue weighted by Crippen LogP contribution is -2.37.